The van der Waals surface area contributed by atoms with E-state index in [4.69, 9.17) is 0 Å². The average Bonchev–Trinajstić information content (AvgIpc) is 2.82. The van der Waals surface area contributed by atoms with Crippen molar-refractivity contribution in [1.82, 2.24) is 5.32 Å². The molecule has 0 aliphatic heterocycles. The molecule has 5 heteroatoms. The van der Waals surface area contributed by atoms with Gasteiger partial charge < -0.3 is 15.5 Å². The summed E-state index contributed by atoms with van der Waals surface area (Å²) in [6.07, 6.45) is 12.3. The number of nitrogens with one attached hydrogen (secondary N) is 1. The van der Waals surface area contributed by atoms with Crippen LogP contribution in [0.1, 0.15) is 106 Å². The lowest BCUT2D eigenvalue weighted by Crippen LogP contribution is -2.66. The summed E-state index contributed by atoms with van der Waals surface area (Å²) in [5.41, 5.74) is 1.41. The number of rotatable bonds is 5. The summed E-state index contributed by atoms with van der Waals surface area (Å²) in [6.45, 7) is 16.4. The lowest BCUT2D eigenvalue weighted by atomic mass is 9.33. The second kappa shape index (κ2) is 8.99. The first-order valence-electron chi connectivity index (χ1n) is 15.1. The van der Waals surface area contributed by atoms with Crippen molar-refractivity contribution in [3.63, 3.8) is 0 Å². The summed E-state index contributed by atoms with van der Waals surface area (Å²) >= 11 is 4.40. The number of aliphatic carboxylic acids is 1. The van der Waals surface area contributed by atoms with E-state index >= 15 is 0 Å². The number of aliphatic hydroxyl groups is 1. The Morgan fingerprint density at radius 3 is 2.38 bits per heavy atom. The summed E-state index contributed by atoms with van der Waals surface area (Å²) in [7, 11) is 0. The van der Waals surface area contributed by atoms with E-state index in [2.05, 4.69) is 65.6 Å². The molecule has 37 heavy (non-hydrogen) atoms. The van der Waals surface area contributed by atoms with Gasteiger partial charge in [0.15, 0.2) is 0 Å². The smallest absolute Gasteiger partial charge is 0.310 e. The van der Waals surface area contributed by atoms with Crippen LogP contribution in [0.2, 0.25) is 0 Å². The SMILES string of the molecule is CC1(C)CC[C@]2(C(=O)O)CC[C@]3(C)C(=CCC4[C@@]5(C)CC[C@H](O)[C@@](C)(CNCCS)C5CC[C@]43C)[C@@H]2C1. The Kier molecular flexibility index (Phi) is 6.81. The monoisotopic (exact) mass is 531 g/mol. The highest BCUT2D eigenvalue weighted by molar-refractivity contribution is 7.80. The summed E-state index contributed by atoms with van der Waals surface area (Å²) in [6, 6.07) is 0. The third kappa shape index (κ3) is 3.79. The van der Waals surface area contributed by atoms with Gasteiger partial charge >= 0.3 is 5.97 Å². The van der Waals surface area contributed by atoms with Crippen molar-refractivity contribution < 1.29 is 15.0 Å². The first kappa shape index (κ1) is 28.0. The molecule has 0 spiro atoms. The number of aliphatic hydroxyl groups excluding tert-OH is 1. The molecule has 2 unspecified atom stereocenters. The Bertz CT molecular complexity index is 964. The molecule has 0 amide bonds. The van der Waals surface area contributed by atoms with Crippen LogP contribution in [0, 0.1) is 50.2 Å². The Hall–Kier alpha value is -0.520. The number of hydrogen-bond donors (Lipinski definition) is 4. The van der Waals surface area contributed by atoms with Crippen LogP contribution in [0.25, 0.3) is 0 Å². The van der Waals surface area contributed by atoms with Gasteiger partial charge in [0.2, 0.25) is 0 Å². The largest absolute Gasteiger partial charge is 0.481 e. The maximum atomic E-state index is 12.9. The fraction of sp³-hybridized carbons (Fsp3) is 0.906. The molecule has 9 atom stereocenters. The number of carboxylic acids is 1. The summed E-state index contributed by atoms with van der Waals surface area (Å²) < 4.78 is 0. The Morgan fingerprint density at radius 2 is 1.70 bits per heavy atom. The van der Waals surface area contributed by atoms with E-state index in [0.717, 1.165) is 76.6 Å². The molecule has 5 aliphatic rings. The van der Waals surface area contributed by atoms with Gasteiger partial charge in [0.1, 0.15) is 0 Å². The number of allylic oxidation sites excluding steroid dienone is 2. The van der Waals surface area contributed by atoms with Crippen molar-refractivity contribution in [2.24, 2.45) is 50.2 Å². The van der Waals surface area contributed by atoms with Crippen LogP contribution < -0.4 is 5.32 Å². The number of thiol groups is 1. The lowest BCUT2D eigenvalue weighted by Gasteiger charge is -2.71. The first-order valence-corrected chi connectivity index (χ1v) is 15.8. The third-order valence-corrected chi connectivity index (χ3v) is 13.9. The third-order valence-electron chi connectivity index (χ3n) is 13.6. The maximum Gasteiger partial charge on any atom is 0.310 e. The van der Waals surface area contributed by atoms with E-state index in [1.165, 1.54) is 12.0 Å². The van der Waals surface area contributed by atoms with Gasteiger partial charge in [-0.25, -0.2) is 0 Å². The van der Waals surface area contributed by atoms with Crippen molar-refractivity contribution in [2.45, 2.75) is 112 Å². The molecule has 0 radical (unpaired) electrons. The first-order chi connectivity index (χ1) is 17.2. The lowest BCUT2D eigenvalue weighted by molar-refractivity contribution is -0.208. The predicted octanol–water partition coefficient (Wildman–Crippen LogP) is 6.73. The summed E-state index contributed by atoms with van der Waals surface area (Å²) in [4.78, 5) is 12.9. The van der Waals surface area contributed by atoms with Gasteiger partial charge in [-0.1, -0.05) is 53.2 Å². The van der Waals surface area contributed by atoms with E-state index in [1.54, 1.807) is 0 Å². The van der Waals surface area contributed by atoms with Crippen molar-refractivity contribution in [3.05, 3.63) is 11.6 Å². The summed E-state index contributed by atoms with van der Waals surface area (Å²) in [5, 5.41) is 25.5. The van der Waals surface area contributed by atoms with E-state index in [1.807, 2.05) is 0 Å². The summed E-state index contributed by atoms with van der Waals surface area (Å²) in [5.74, 6) is 1.49. The normalized spacial score (nSPS) is 50.6. The van der Waals surface area contributed by atoms with Crippen molar-refractivity contribution in [3.8, 4) is 0 Å². The zero-order chi connectivity index (χ0) is 27.1. The van der Waals surface area contributed by atoms with E-state index < -0.39 is 11.4 Å². The number of hydrogen-bond acceptors (Lipinski definition) is 4. The zero-order valence-electron chi connectivity index (χ0n) is 24.3. The van der Waals surface area contributed by atoms with Gasteiger partial charge in [0.05, 0.1) is 11.5 Å². The van der Waals surface area contributed by atoms with Gasteiger partial charge in [-0.05, 0) is 104 Å². The topological polar surface area (TPSA) is 69.6 Å². The zero-order valence-corrected chi connectivity index (χ0v) is 25.2. The maximum absolute atomic E-state index is 12.9. The standard InChI is InChI=1S/C32H53NO3S/c1-27(2)13-15-32(26(35)36)16-14-30(5)21(22(32)19-27)7-8-24-28(3)11-10-25(34)29(4,20-33-17-18-37)23(28)9-12-31(24,30)6/h7,22-25,33-34,37H,8-20H2,1-6H3,(H,35,36)/t22-,23?,24?,25-,28-,29-,30+,31+,32-/m0/s1. The minimum atomic E-state index is -0.572. The van der Waals surface area contributed by atoms with Crippen LogP contribution >= 0.6 is 12.6 Å². The minimum absolute atomic E-state index is 0.0533. The molecular formula is C32H53NO3S. The van der Waals surface area contributed by atoms with Gasteiger partial charge in [-0.3, -0.25) is 4.79 Å². The van der Waals surface area contributed by atoms with Crippen LogP contribution in [0.5, 0.6) is 0 Å². The van der Waals surface area contributed by atoms with Gasteiger partial charge in [-0.2, -0.15) is 12.6 Å². The fourth-order valence-electron chi connectivity index (χ4n) is 11.1. The molecule has 3 N–H and O–H groups in total. The molecule has 0 aromatic carbocycles. The van der Waals surface area contributed by atoms with Crippen LogP contribution in [0.3, 0.4) is 0 Å². The molecular weight excluding hydrogens is 478 g/mol. The second-order valence-electron chi connectivity index (χ2n) is 15.6. The number of carbonyl (C=O) groups is 1. The number of fused-ring (bicyclic) bond motifs is 7. The molecule has 4 fully saturated rings. The molecule has 0 aromatic rings. The van der Waals surface area contributed by atoms with Crippen molar-refractivity contribution in [1.29, 1.82) is 0 Å². The molecule has 0 bridgehead atoms. The molecule has 0 heterocycles. The highest BCUT2D eigenvalue weighted by Gasteiger charge is 2.69. The minimum Gasteiger partial charge on any atom is -0.481 e. The quantitative estimate of drug-likeness (QED) is 0.180. The highest BCUT2D eigenvalue weighted by Crippen LogP contribution is 2.75. The van der Waals surface area contributed by atoms with Gasteiger partial charge in [-0.15, -0.1) is 0 Å². The molecule has 210 valence electrons. The van der Waals surface area contributed by atoms with Crippen LogP contribution in [0.4, 0.5) is 0 Å². The molecule has 4 saturated carbocycles. The van der Waals surface area contributed by atoms with E-state index in [-0.39, 0.29) is 39.1 Å². The van der Waals surface area contributed by atoms with Crippen LogP contribution in [0.15, 0.2) is 11.6 Å². The van der Waals surface area contributed by atoms with E-state index in [0.29, 0.717) is 11.8 Å². The fourth-order valence-corrected chi connectivity index (χ4v) is 11.3. The Labute approximate surface area is 231 Å². The second-order valence-corrected chi connectivity index (χ2v) is 16.1. The van der Waals surface area contributed by atoms with Gasteiger partial charge in [0.25, 0.3) is 0 Å². The Balaban J connectivity index is 1.54. The van der Waals surface area contributed by atoms with Crippen LogP contribution in [-0.2, 0) is 4.79 Å². The average molecular weight is 532 g/mol. The number of carboxylic acid groups (broad SMARTS) is 1. The van der Waals surface area contributed by atoms with E-state index in [9.17, 15) is 15.0 Å². The molecule has 0 saturated heterocycles. The van der Waals surface area contributed by atoms with Crippen molar-refractivity contribution >= 4 is 18.6 Å². The van der Waals surface area contributed by atoms with Gasteiger partial charge in [0, 0.05) is 24.3 Å². The van der Waals surface area contributed by atoms with Crippen molar-refractivity contribution in [2.75, 3.05) is 18.8 Å². The molecule has 5 aliphatic carbocycles. The highest BCUT2D eigenvalue weighted by atomic mass is 32.1. The van der Waals surface area contributed by atoms with Crippen LogP contribution in [-0.4, -0.2) is 41.1 Å². The molecule has 4 nitrogen and oxygen atoms in total. The molecule has 5 rings (SSSR count). The molecule has 0 aromatic heterocycles. The Morgan fingerprint density at radius 1 is 1.00 bits per heavy atom. The predicted molar refractivity (Wildman–Crippen MR) is 154 cm³/mol.